The van der Waals surface area contributed by atoms with Gasteiger partial charge in [-0.05, 0) is 17.7 Å². The molecule has 22 heavy (non-hydrogen) atoms. The molecule has 0 aliphatic carbocycles. The zero-order valence-electron chi connectivity index (χ0n) is 11.5. The number of benzene rings is 1. The van der Waals surface area contributed by atoms with Crippen molar-refractivity contribution in [1.29, 1.82) is 0 Å². The zero-order chi connectivity index (χ0) is 16.1. The first-order valence-electron chi connectivity index (χ1n) is 6.08. The van der Waals surface area contributed by atoms with Gasteiger partial charge in [0.05, 0.1) is 4.92 Å². The van der Waals surface area contributed by atoms with E-state index in [1.165, 1.54) is 4.90 Å². The molecule has 2 rings (SSSR count). The Balaban J connectivity index is 2.48. The molecule has 0 N–H and O–H groups in total. The van der Waals surface area contributed by atoms with E-state index in [-0.39, 0.29) is 23.4 Å². The van der Waals surface area contributed by atoms with E-state index in [2.05, 4.69) is 9.97 Å². The fourth-order valence-electron chi connectivity index (χ4n) is 1.92. The quantitative estimate of drug-likeness (QED) is 0.348. The van der Waals surface area contributed by atoms with Crippen molar-refractivity contribution in [3.8, 4) is 0 Å². The Morgan fingerprint density at radius 3 is 2.86 bits per heavy atom. The first-order valence-corrected chi connectivity index (χ1v) is 6.46. The summed E-state index contributed by atoms with van der Waals surface area (Å²) < 4.78 is 4.75. The lowest BCUT2D eigenvalue weighted by Crippen LogP contribution is -2.16. The summed E-state index contributed by atoms with van der Waals surface area (Å²) in [6.07, 6.45) is 1.05. The van der Waals surface area contributed by atoms with Crippen molar-refractivity contribution in [2.45, 2.75) is 6.61 Å². The van der Waals surface area contributed by atoms with Gasteiger partial charge in [-0.15, -0.1) is 0 Å². The topological polar surface area (TPSA) is 98.5 Å². The molecular weight excluding hydrogens is 312 g/mol. The fraction of sp³-hybridized carbons (Fsp3) is 0.154. The van der Waals surface area contributed by atoms with Crippen LogP contribution in [0.25, 0.3) is 0 Å². The van der Waals surface area contributed by atoms with Crippen molar-refractivity contribution in [3.05, 3.63) is 51.4 Å². The van der Waals surface area contributed by atoms with Crippen molar-refractivity contribution in [3.63, 3.8) is 0 Å². The monoisotopic (exact) mass is 322 g/mol. The van der Waals surface area contributed by atoms with Crippen LogP contribution in [0.15, 0.2) is 30.5 Å². The highest BCUT2D eigenvalue weighted by Gasteiger charge is 2.22. The number of carbonyl (C=O) groups is 1. The second-order valence-corrected chi connectivity index (χ2v) is 4.54. The number of ether oxygens (including phenoxy) is 1. The minimum atomic E-state index is -0.591. The van der Waals surface area contributed by atoms with E-state index in [0.717, 1.165) is 6.20 Å². The highest BCUT2D eigenvalue weighted by Crippen LogP contribution is 2.32. The summed E-state index contributed by atoms with van der Waals surface area (Å²) in [6, 6.07) is 6.99. The molecule has 8 nitrogen and oxygen atoms in total. The number of hydrogen-bond acceptors (Lipinski definition) is 7. The van der Waals surface area contributed by atoms with E-state index < -0.39 is 4.92 Å². The first-order chi connectivity index (χ1) is 10.5. The van der Waals surface area contributed by atoms with E-state index >= 15 is 0 Å². The lowest BCUT2D eigenvalue weighted by atomic mass is 10.1. The SMILES string of the molecule is CN(c1ccccc1COC=O)c1nc(Cl)ncc1[N+](=O)[O-]. The Morgan fingerprint density at radius 2 is 2.18 bits per heavy atom. The molecule has 0 bridgehead atoms. The first kappa shape index (κ1) is 15.6. The average Bonchev–Trinajstić information content (AvgIpc) is 2.52. The van der Waals surface area contributed by atoms with Crippen molar-refractivity contribution in [2.75, 3.05) is 11.9 Å². The molecule has 0 saturated carbocycles. The summed E-state index contributed by atoms with van der Waals surface area (Å²) in [4.78, 5) is 29.9. The lowest BCUT2D eigenvalue weighted by molar-refractivity contribution is -0.384. The van der Waals surface area contributed by atoms with E-state index in [4.69, 9.17) is 16.3 Å². The Bertz CT molecular complexity index is 710. The van der Waals surface area contributed by atoms with Gasteiger partial charge in [-0.3, -0.25) is 14.9 Å². The molecular formula is C13H11ClN4O4. The van der Waals surface area contributed by atoms with Gasteiger partial charge >= 0.3 is 5.69 Å². The number of rotatable bonds is 6. The Hall–Kier alpha value is -2.74. The Kier molecular flexibility index (Phi) is 4.84. The van der Waals surface area contributed by atoms with Crippen LogP contribution in [0.2, 0.25) is 5.28 Å². The van der Waals surface area contributed by atoms with Crippen LogP contribution in [0.4, 0.5) is 17.2 Å². The van der Waals surface area contributed by atoms with E-state index in [1.54, 1.807) is 31.3 Å². The van der Waals surface area contributed by atoms with Crippen LogP contribution in [-0.4, -0.2) is 28.4 Å². The number of nitrogens with zero attached hydrogens (tertiary/aromatic N) is 4. The highest BCUT2D eigenvalue weighted by atomic mass is 35.5. The van der Waals surface area contributed by atoms with Crippen LogP contribution in [0.5, 0.6) is 0 Å². The predicted molar refractivity (Wildman–Crippen MR) is 79.1 cm³/mol. The molecule has 0 unspecified atom stereocenters. The van der Waals surface area contributed by atoms with Gasteiger partial charge in [0.15, 0.2) is 0 Å². The number of carbonyl (C=O) groups excluding carboxylic acids is 1. The van der Waals surface area contributed by atoms with Gasteiger partial charge in [-0.1, -0.05) is 18.2 Å². The van der Waals surface area contributed by atoms with Gasteiger partial charge in [0.1, 0.15) is 12.8 Å². The highest BCUT2D eigenvalue weighted by molar-refractivity contribution is 6.28. The number of para-hydroxylation sites is 1. The molecule has 0 spiro atoms. The van der Waals surface area contributed by atoms with Crippen LogP contribution in [0.3, 0.4) is 0 Å². The normalized spacial score (nSPS) is 10.1. The minimum Gasteiger partial charge on any atom is -0.463 e. The maximum absolute atomic E-state index is 11.1. The molecule has 0 amide bonds. The summed E-state index contributed by atoms with van der Waals surface area (Å²) >= 11 is 5.73. The summed E-state index contributed by atoms with van der Waals surface area (Å²) in [7, 11) is 1.60. The number of hydrogen-bond donors (Lipinski definition) is 0. The molecule has 114 valence electrons. The molecule has 0 radical (unpaired) electrons. The predicted octanol–water partition coefficient (Wildman–Crippen LogP) is 2.48. The van der Waals surface area contributed by atoms with E-state index in [1.807, 2.05) is 0 Å². The van der Waals surface area contributed by atoms with Crippen molar-refractivity contribution < 1.29 is 14.5 Å². The third kappa shape index (κ3) is 3.29. The van der Waals surface area contributed by atoms with Gasteiger partial charge in [0.25, 0.3) is 6.47 Å². The third-order valence-corrected chi connectivity index (χ3v) is 3.08. The van der Waals surface area contributed by atoms with Crippen molar-refractivity contribution >= 4 is 35.3 Å². The standard InChI is InChI=1S/C13H11ClN4O4/c1-17(10-5-3-2-4-9(10)7-22-8-19)12-11(18(20)21)6-15-13(14)16-12/h2-6,8H,7H2,1H3. The third-order valence-electron chi connectivity index (χ3n) is 2.89. The number of aromatic nitrogens is 2. The molecule has 0 atom stereocenters. The van der Waals surface area contributed by atoms with Crippen molar-refractivity contribution in [2.24, 2.45) is 0 Å². The molecule has 0 saturated heterocycles. The molecule has 1 aromatic heterocycles. The molecule has 2 aromatic rings. The maximum atomic E-state index is 11.1. The number of halogens is 1. The number of nitro groups is 1. The van der Waals surface area contributed by atoms with E-state index in [9.17, 15) is 14.9 Å². The minimum absolute atomic E-state index is 0.0383. The van der Waals surface area contributed by atoms with Gasteiger partial charge in [0, 0.05) is 18.3 Å². The van der Waals surface area contributed by atoms with Crippen LogP contribution < -0.4 is 4.90 Å². The summed E-state index contributed by atoms with van der Waals surface area (Å²) in [6.45, 7) is 0.372. The summed E-state index contributed by atoms with van der Waals surface area (Å²) in [5.74, 6) is 0.0450. The lowest BCUT2D eigenvalue weighted by Gasteiger charge is -2.20. The second kappa shape index (κ2) is 6.81. The molecule has 1 heterocycles. The molecule has 1 aromatic carbocycles. The fourth-order valence-corrected chi connectivity index (χ4v) is 2.05. The Labute approximate surface area is 130 Å². The van der Waals surface area contributed by atoms with Crippen LogP contribution in [0, 0.1) is 10.1 Å². The summed E-state index contributed by atoms with van der Waals surface area (Å²) in [5, 5.41) is 11.0. The van der Waals surface area contributed by atoms with E-state index in [0.29, 0.717) is 17.7 Å². The zero-order valence-corrected chi connectivity index (χ0v) is 12.2. The van der Waals surface area contributed by atoms with Gasteiger partial charge in [0.2, 0.25) is 11.1 Å². The molecule has 0 aliphatic rings. The molecule has 0 aliphatic heterocycles. The van der Waals surface area contributed by atoms with Gasteiger partial charge < -0.3 is 9.64 Å². The Morgan fingerprint density at radius 1 is 1.45 bits per heavy atom. The smallest absolute Gasteiger partial charge is 0.330 e. The van der Waals surface area contributed by atoms with Gasteiger partial charge in [-0.2, -0.15) is 4.98 Å². The largest absolute Gasteiger partial charge is 0.463 e. The molecule has 9 heteroatoms. The maximum Gasteiger partial charge on any atom is 0.330 e. The average molecular weight is 323 g/mol. The number of anilines is 2. The van der Waals surface area contributed by atoms with Crippen LogP contribution in [-0.2, 0) is 16.1 Å². The van der Waals surface area contributed by atoms with Gasteiger partial charge in [-0.25, -0.2) is 4.98 Å². The van der Waals surface area contributed by atoms with Crippen molar-refractivity contribution in [1.82, 2.24) is 9.97 Å². The van der Waals surface area contributed by atoms with Crippen LogP contribution >= 0.6 is 11.6 Å². The summed E-state index contributed by atoms with van der Waals surface area (Å²) in [5.41, 5.74) is 0.987. The van der Waals surface area contributed by atoms with Crippen LogP contribution in [0.1, 0.15) is 5.56 Å². The second-order valence-electron chi connectivity index (χ2n) is 4.20. The molecule has 0 fully saturated rings.